The van der Waals surface area contributed by atoms with Crippen LogP contribution in [0.5, 0.6) is 0 Å². The molecule has 4 rings (SSSR count). The highest BCUT2D eigenvalue weighted by atomic mass is 32.1. The fraction of sp³-hybridized carbons (Fsp3) is 0.474. The SMILES string of the molecule is CC1(C)C[C@@]2(CCO1)OC(=O)C[C@H]2c1nc(-c2ccc([N+](=O)[O-])cc2)cs1. The molecular formula is C19H20N2O5S. The van der Waals surface area contributed by atoms with E-state index in [4.69, 9.17) is 14.5 Å². The van der Waals surface area contributed by atoms with Gasteiger partial charge >= 0.3 is 5.97 Å². The number of benzene rings is 1. The van der Waals surface area contributed by atoms with Crippen LogP contribution in [0.15, 0.2) is 29.6 Å². The Morgan fingerprint density at radius 3 is 2.70 bits per heavy atom. The molecule has 0 aliphatic carbocycles. The van der Waals surface area contributed by atoms with Gasteiger partial charge in [0.15, 0.2) is 0 Å². The molecule has 2 aliphatic rings. The van der Waals surface area contributed by atoms with Crippen molar-refractivity contribution in [3.05, 3.63) is 44.8 Å². The van der Waals surface area contributed by atoms with E-state index in [0.717, 1.165) is 16.3 Å². The van der Waals surface area contributed by atoms with E-state index in [1.54, 1.807) is 12.1 Å². The maximum Gasteiger partial charge on any atom is 0.307 e. The lowest BCUT2D eigenvalue weighted by Crippen LogP contribution is -2.48. The third-order valence-electron chi connectivity index (χ3n) is 5.26. The summed E-state index contributed by atoms with van der Waals surface area (Å²) in [7, 11) is 0. The lowest BCUT2D eigenvalue weighted by atomic mass is 9.76. The maximum absolute atomic E-state index is 12.1. The van der Waals surface area contributed by atoms with E-state index in [9.17, 15) is 14.9 Å². The number of hydrogen-bond acceptors (Lipinski definition) is 7. The van der Waals surface area contributed by atoms with Gasteiger partial charge in [0.2, 0.25) is 0 Å². The Bertz CT molecular complexity index is 892. The zero-order valence-electron chi connectivity index (χ0n) is 15.1. The number of esters is 1. The lowest BCUT2D eigenvalue weighted by Gasteiger charge is -2.43. The number of nitro groups is 1. The van der Waals surface area contributed by atoms with E-state index < -0.39 is 10.5 Å². The van der Waals surface area contributed by atoms with E-state index in [0.29, 0.717) is 25.9 Å². The van der Waals surface area contributed by atoms with Crippen LogP contribution in [-0.4, -0.2) is 33.7 Å². The van der Waals surface area contributed by atoms with E-state index in [2.05, 4.69) is 0 Å². The summed E-state index contributed by atoms with van der Waals surface area (Å²) in [4.78, 5) is 27.3. The van der Waals surface area contributed by atoms with Crippen molar-refractivity contribution in [3.8, 4) is 11.3 Å². The van der Waals surface area contributed by atoms with Crippen LogP contribution in [-0.2, 0) is 14.3 Å². The molecule has 3 heterocycles. The van der Waals surface area contributed by atoms with E-state index in [1.807, 2.05) is 19.2 Å². The summed E-state index contributed by atoms with van der Waals surface area (Å²) >= 11 is 1.50. The highest BCUT2D eigenvalue weighted by Gasteiger charge is 2.55. The molecule has 0 N–H and O–H groups in total. The third-order valence-corrected chi connectivity index (χ3v) is 6.22. The first-order chi connectivity index (χ1) is 12.8. The number of carbonyl (C=O) groups is 1. The summed E-state index contributed by atoms with van der Waals surface area (Å²) in [5, 5.41) is 13.6. The molecule has 2 fully saturated rings. The highest BCUT2D eigenvalue weighted by Crippen LogP contribution is 2.51. The van der Waals surface area contributed by atoms with Gasteiger partial charge < -0.3 is 9.47 Å². The molecule has 0 unspecified atom stereocenters. The first-order valence-electron chi connectivity index (χ1n) is 8.84. The van der Waals surface area contributed by atoms with E-state index >= 15 is 0 Å². The number of carbonyl (C=O) groups excluding carboxylic acids is 1. The molecule has 1 aromatic carbocycles. The maximum atomic E-state index is 12.1. The number of nitrogens with zero attached hydrogens (tertiary/aromatic N) is 2. The van der Waals surface area contributed by atoms with Crippen LogP contribution in [0.4, 0.5) is 5.69 Å². The van der Waals surface area contributed by atoms with Gasteiger partial charge in [0.05, 0.1) is 35.2 Å². The molecule has 0 saturated carbocycles. The Balaban J connectivity index is 1.63. The monoisotopic (exact) mass is 388 g/mol. The number of ether oxygens (including phenoxy) is 2. The van der Waals surface area contributed by atoms with Crippen molar-refractivity contribution >= 4 is 23.0 Å². The van der Waals surface area contributed by atoms with Crippen LogP contribution < -0.4 is 0 Å². The number of thiazole rings is 1. The Morgan fingerprint density at radius 1 is 1.30 bits per heavy atom. The highest BCUT2D eigenvalue weighted by molar-refractivity contribution is 7.10. The topological polar surface area (TPSA) is 91.6 Å². The van der Waals surface area contributed by atoms with Crippen LogP contribution in [0.1, 0.15) is 44.0 Å². The summed E-state index contributed by atoms with van der Waals surface area (Å²) < 4.78 is 11.6. The minimum Gasteiger partial charge on any atom is -0.458 e. The van der Waals surface area contributed by atoms with Gasteiger partial charge in [-0.1, -0.05) is 0 Å². The molecule has 0 amide bonds. The third kappa shape index (κ3) is 3.35. The summed E-state index contributed by atoms with van der Waals surface area (Å²) in [6.07, 6.45) is 1.63. The van der Waals surface area contributed by atoms with Gasteiger partial charge in [0, 0.05) is 35.9 Å². The molecule has 2 aliphatic heterocycles. The largest absolute Gasteiger partial charge is 0.458 e. The molecule has 8 heteroatoms. The number of nitro benzene ring substituents is 1. The van der Waals surface area contributed by atoms with Crippen molar-refractivity contribution in [2.24, 2.45) is 0 Å². The Hall–Kier alpha value is -2.32. The fourth-order valence-corrected chi connectivity index (χ4v) is 5.12. The smallest absolute Gasteiger partial charge is 0.307 e. The number of non-ortho nitro benzene ring substituents is 1. The number of aromatic nitrogens is 1. The average Bonchev–Trinajstić information content (AvgIpc) is 3.18. The molecule has 1 aromatic heterocycles. The zero-order valence-corrected chi connectivity index (χ0v) is 16.0. The van der Waals surface area contributed by atoms with Crippen LogP contribution in [0.2, 0.25) is 0 Å². The summed E-state index contributed by atoms with van der Waals surface area (Å²) in [5.74, 6) is -0.283. The zero-order chi connectivity index (χ0) is 19.2. The standard InChI is InChI=1S/C19H20N2O5S/c1-18(2)11-19(7-8-25-18)14(9-16(22)26-19)17-20-15(10-27-17)12-3-5-13(6-4-12)21(23)24/h3-6,10,14H,7-9,11H2,1-2H3/t14-,19+/m0/s1. The second-order valence-electron chi connectivity index (χ2n) is 7.71. The predicted molar refractivity (Wildman–Crippen MR) is 99.7 cm³/mol. The summed E-state index contributed by atoms with van der Waals surface area (Å²) in [6.45, 7) is 4.58. The van der Waals surface area contributed by atoms with Crippen molar-refractivity contribution in [2.75, 3.05) is 6.61 Å². The molecule has 0 bridgehead atoms. The Kier molecular flexibility index (Phi) is 4.27. The van der Waals surface area contributed by atoms with Gasteiger partial charge in [-0.3, -0.25) is 14.9 Å². The molecule has 7 nitrogen and oxygen atoms in total. The average molecular weight is 388 g/mol. The molecule has 2 aromatic rings. The normalized spacial score (nSPS) is 26.9. The fourth-order valence-electron chi connectivity index (χ4n) is 4.08. The number of hydrogen-bond donors (Lipinski definition) is 0. The van der Waals surface area contributed by atoms with Crippen molar-refractivity contribution in [2.45, 2.75) is 50.2 Å². The quantitative estimate of drug-likeness (QED) is 0.447. The first kappa shape index (κ1) is 18.1. The molecule has 0 radical (unpaired) electrons. The van der Waals surface area contributed by atoms with Gasteiger partial charge in [-0.2, -0.15) is 0 Å². The second kappa shape index (κ2) is 6.38. The molecular weight excluding hydrogens is 368 g/mol. The summed E-state index contributed by atoms with van der Waals surface area (Å²) in [5.41, 5.74) is 0.705. The molecule has 2 atom stereocenters. The Labute approximate surface area is 160 Å². The van der Waals surface area contributed by atoms with Gasteiger partial charge in [-0.25, -0.2) is 4.98 Å². The lowest BCUT2D eigenvalue weighted by molar-refractivity contribution is -0.384. The van der Waals surface area contributed by atoms with Crippen molar-refractivity contribution in [3.63, 3.8) is 0 Å². The minimum atomic E-state index is -0.566. The van der Waals surface area contributed by atoms with Crippen LogP contribution in [0, 0.1) is 10.1 Å². The van der Waals surface area contributed by atoms with E-state index in [1.165, 1.54) is 23.5 Å². The van der Waals surface area contributed by atoms with Crippen molar-refractivity contribution < 1.29 is 19.2 Å². The summed E-state index contributed by atoms with van der Waals surface area (Å²) in [6, 6.07) is 6.33. The Morgan fingerprint density at radius 2 is 2.04 bits per heavy atom. The van der Waals surface area contributed by atoms with Crippen molar-refractivity contribution in [1.29, 1.82) is 0 Å². The van der Waals surface area contributed by atoms with Crippen LogP contribution in [0.3, 0.4) is 0 Å². The molecule has 2 saturated heterocycles. The number of rotatable bonds is 3. The predicted octanol–water partition coefficient (Wildman–Crippen LogP) is 4.08. The minimum absolute atomic E-state index is 0.0485. The first-order valence-corrected chi connectivity index (χ1v) is 9.72. The van der Waals surface area contributed by atoms with Crippen LogP contribution in [0.25, 0.3) is 11.3 Å². The molecule has 27 heavy (non-hydrogen) atoms. The van der Waals surface area contributed by atoms with Gasteiger partial charge in [0.1, 0.15) is 10.6 Å². The molecule has 142 valence electrons. The second-order valence-corrected chi connectivity index (χ2v) is 8.60. The van der Waals surface area contributed by atoms with Gasteiger partial charge in [-0.15, -0.1) is 11.3 Å². The molecule has 1 spiro atoms. The van der Waals surface area contributed by atoms with Gasteiger partial charge in [0.25, 0.3) is 5.69 Å². The van der Waals surface area contributed by atoms with Crippen molar-refractivity contribution in [1.82, 2.24) is 4.98 Å². The van der Waals surface area contributed by atoms with Gasteiger partial charge in [-0.05, 0) is 26.0 Å². The van der Waals surface area contributed by atoms with E-state index in [-0.39, 0.29) is 23.2 Å². The van der Waals surface area contributed by atoms with Crippen LogP contribution >= 0.6 is 11.3 Å².